The molecular weight excluding hydrogens is 448 g/mol. The first kappa shape index (κ1) is 22.3. The molecule has 4 rings (SSSR count). The normalized spacial score (nSPS) is 13.5. The number of nitro groups is 1. The molecule has 0 N–H and O–H groups in total. The number of rotatable bonds is 6. The first-order valence-electron chi connectivity index (χ1n) is 10.2. The van der Waals surface area contributed by atoms with Crippen molar-refractivity contribution in [3.05, 3.63) is 81.5 Å². The van der Waals surface area contributed by atoms with Gasteiger partial charge >= 0.3 is 0 Å². The molecule has 0 unspecified atom stereocenters. The van der Waals surface area contributed by atoms with Gasteiger partial charge in [-0.15, -0.1) is 0 Å². The molecule has 3 aromatic rings. The summed E-state index contributed by atoms with van der Waals surface area (Å²) in [6.45, 7) is 2.02. The molecule has 1 saturated heterocycles. The fourth-order valence-corrected chi connectivity index (χ4v) is 3.63. The number of nitrogens with zero attached hydrogens (tertiary/aromatic N) is 4. The van der Waals surface area contributed by atoms with Gasteiger partial charge in [0.05, 0.1) is 22.6 Å². The molecule has 1 aliphatic rings. The largest absolute Gasteiger partial charge is 0.497 e. The molecule has 0 atom stereocenters. The zero-order valence-corrected chi connectivity index (χ0v) is 18.6. The third-order valence-electron chi connectivity index (χ3n) is 5.29. The summed E-state index contributed by atoms with van der Waals surface area (Å²) in [6, 6.07) is 14.5. The fourth-order valence-electron chi connectivity index (χ4n) is 3.52. The fraction of sp³-hybridized carbons (Fsp3) is 0.217. The second-order valence-corrected chi connectivity index (χ2v) is 7.77. The van der Waals surface area contributed by atoms with E-state index in [-0.39, 0.29) is 22.9 Å². The van der Waals surface area contributed by atoms with Crippen LogP contribution in [-0.2, 0) is 0 Å². The highest BCUT2D eigenvalue weighted by Crippen LogP contribution is 2.31. The highest BCUT2D eigenvalue weighted by Gasteiger charge is 2.27. The third kappa shape index (κ3) is 5.15. The summed E-state index contributed by atoms with van der Waals surface area (Å²) < 4.78 is 11.0. The standard InChI is InChI=1S/C23H21ClN4O5/c1-32-18-4-6-19(7-5-18)33-21-8-3-17(28(30)31)14-20(21)23(29)27-12-10-26(11-13-27)22-9-2-16(24)15-25-22/h2-9,14-15H,10-13H2,1H3. The Morgan fingerprint density at radius 3 is 2.33 bits per heavy atom. The maximum Gasteiger partial charge on any atom is 0.270 e. The molecule has 33 heavy (non-hydrogen) atoms. The molecule has 1 aliphatic heterocycles. The number of amides is 1. The van der Waals surface area contributed by atoms with Crippen LogP contribution in [0.5, 0.6) is 17.2 Å². The average Bonchev–Trinajstić information content (AvgIpc) is 2.85. The van der Waals surface area contributed by atoms with Gasteiger partial charge in [-0.2, -0.15) is 0 Å². The van der Waals surface area contributed by atoms with E-state index >= 15 is 0 Å². The maximum atomic E-state index is 13.3. The van der Waals surface area contributed by atoms with Gasteiger partial charge in [0, 0.05) is 44.5 Å². The van der Waals surface area contributed by atoms with E-state index in [1.165, 1.54) is 18.2 Å². The van der Waals surface area contributed by atoms with Gasteiger partial charge in [-0.25, -0.2) is 4.98 Å². The van der Waals surface area contributed by atoms with Crippen LogP contribution in [0.2, 0.25) is 5.02 Å². The molecule has 0 radical (unpaired) electrons. The van der Waals surface area contributed by atoms with Crippen molar-refractivity contribution in [1.29, 1.82) is 0 Å². The predicted molar refractivity (Wildman–Crippen MR) is 124 cm³/mol. The van der Waals surface area contributed by atoms with Crippen LogP contribution in [0, 0.1) is 10.1 Å². The maximum absolute atomic E-state index is 13.3. The van der Waals surface area contributed by atoms with E-state index in [0.29, 0.717) is 42.7 Å². The van der Waals surface area contributed by atoms with E-state index in [4.69, 9.17) is 21.1 Å². The smallest absolute Gasteiger partial charge is 0.270 e. The van der Waals surface area contributed by atoms with Crippen LogP contribution in [0.4, 0.5) is 11.5 Å². The number of ether oxygens (including phenoxy) is 2. The Hall–Kier alpha value is -3.85. The van der Waals surface area contributed by atoms with Crippen LogP contribution in [0.25, 0.3) is 0 Å². The Balaban J connectivity index is 1.53. The van der Waals surface area contributed by atoms with Crippen molar-refractivity contribution in [2.45, 2.75) is 0 Å². The zero-order chi connectivity index (χ0) is 23.4. The quantitative estimate of drug-likeness (QED) is 0.390. The van der Waals surface area contributed by atoms with E-state index in [1.807, 2.05) is 6.07 Å². The first-order valence-corrected chi connectivity index (χ1v) is 10.6. The van der Waals surface area contributed by atoms with E-state index in [1.54, 1.807) is 48.5 Å². The number of halogens is 1. The number of hydrogen-bond donors (Lipinski definition) is 0. The molecule has 0 aliphatic carbocycles. The first-order chi connectivity index (χ1) is 15.9. The minimum atomic E-state index is -0.530. The van der Waals surface area contributed by atoms with Gasteiger partial charge in [-0.05, 0) is 42.5 Å². The van der Waals surface area contributed by atoms with Gasteiger partial charge in [-0.1, -0.05) is 11.6 Å². The Kier molecular flexibility index (Phi) is 6.60. The van der Waals surface area contributed by atoms with Crippen LogP contribution in [-0.4, -0.2) is 54.0 Å². The van der Waals surface area contributed by atoms with Crippen molar-refractivity contribution >= 4 is 29.0 Å². The van der Waals surface area contributed by atoms with Gasteiger partial charge < -0.3 is 19.3 Å². The number of piperazine rings is 1. The van der Waals surface area contributed by atoms with Crippen LogP contribution >= 0.6 is 11.6 Å². The van der Waals surface area contributed by atoms with Crippen molar-refractivity contribution in [2.75, 3.05) is 38.2 Å². The number of benzene rings is 2. The van der Waals surface area contributed by atoms with Gasteiger partial charge in [0.2, 0.25) is 0 Å². The van der Waals surface area contributed by atoms with Gasteiger partial charge in [-0.3, -0.25) is 14.9 Å². The summed E-state index contributed by atoms with van der Waals surface area (Å²) >= 11 is 5.91. The molecule has 170 valence electrons. The van der Waals surface area contributed by atoms with Crippen molar-refractivity contribution in [3.8, 4) is 17.2 Å². The number of nitro benzene ring substituents is 1. The van der Waals surface area contributed by atoms with Crippen molar-refractivity contribution in [1.82, 2.24) is 9.88 Å². The second-order valence-electron chi connectivity index (χ2n) is 7.33. The minimum absolute atomic E-state index is 0.137. The third-order valence-corrected chi connectivity index (χ3v) is 5.52. The summed E-state index contributed by atoms with van der Waals surface area (Å²) in [5.74, 6) is 1.85. The van der Waals surface area contributed by atoms with Gasteiger partial charge in [0.15, 0.2) is 0 Å². The van der Waals surface area contributed by atoms with Crippen LogP contribution < -0.4 is 14.4 Å². The molecule has 1 fully saturated rings. The molecule has 9 nitrogen and oxygen atoms in total. The summed E-state index contributed by atoms with van der Waals surface area (Å²) in [6.07, 6.45) is 1.58. The zero-order valence-electron chi connectivity index (χ0n) is 17.8. The second kappa shape index (κ2) is 9.74. The van der Waals surface area contributed by atoms with Gasteiger partial charge in [0.25, 0.3) is 11.6 Å². The number of carbonyl (C=O) groups excluding carboxylic acids is 1. The number of aromatic nitrogens is 1. The average molecular weight is 469 g/mol. The Morgan fingerprint density at radius 1 is 1.03 bits per heavy atom. The monoisotopic (exact) mass is 468 g/mol. The Morgan fingerprint density at radius 2 is 1.73 bits per heavy atom. The molecule has 1 aromatic heterocycles. The Bertz CT molecular complexity index is 1150. The molecule has 0 bridgehead atoms. The molecule has 2 aromatic carbocycles. The minimum Gasteiger partial charge on any atom is -0.497 e. The van der Waals surface area contributed by atoms with E-state index in [9.17, 15) is 14.9 Å². The van der Waals surface area contributed by atoms with Crippen LogP contribution in [0.3, 0.4) is 0 Å². The van der Waals surface area contributed by atoms with Crippen molar-refractivity contribution < 1.29 is 19.2 Å². The molecule has 1 amide bonds. The Labute approximate surface area is 195 Å². The predicted octanol–water partition coefficient (Wildman–Crippen LogP) is 4.41. The topological polar surface area (TPSA) is 98.0 Å². The molecule has 10 heteroatoms. The van der Waals surface area contributed by atoms with Crippen LogP contribution in [0.15, 0.2) is 60.8 Å². The summed E-state index contributed by atoms with van der Waals surface area (Å²) in [5.41, 5.74) is -0.0393. The highest BCUT2D eigenvalue weighted by molar-refractivity contribution is 6.30. The number of pyridine rings is 1. The SMILES string of the molecule is COc1ccc(Oc2ccc([N+](=O)[O-])cc2C(=O)N2CCN(c3ccc(Cl)cn3)CC2)cc1. The lowest BCUT2D eigenvalue weighted by Gasteiger charge is -2.35. The summed E-state index contributed by atoms with van der Waals surface area (Å²) in [5, 5.41) is 11.9. The number of hydrogen-bond acceptors (Lipinski definition) is 7. The molecule has 2 heterocycles. The number of carbonyl (C=O) groups is 1. The highest BCUT2D eigenvalue weighted by atomic mass is 35.5. The van der Waals surface area contributed by atoms with Crippen LogP contribution in [0.1, 0.15) is 10.4 Å². The van der Waals surface area contributed by atoms with Crippen molar-refractivity contribution in [2.24, 2.45) is 0 Å². The van der Waals surface area contributed by atoms with E-state index in [0.717, 1.165) is 5.82 Å². The lowest BCUT2D eigenvalue weighted by molar-refractivity contribution is -0.384. The lowest BCUT2D eigenvalue weighted by atomic mass is 10.1. The number of anilines is 1. The van der Waals surface area contributed by atoms with E-state index in [2.05, 4.69) is 9.88 Å². The lowest BCUT2D eigenvalue weighted by Crippen LogP contribution is -2.49. The number of methoxy groups -OCH3 is 1. The molecule has 0 spiro atoms. The van der Waals surface area contributed by atoms with Gasteiger partial charge in [0.1, 0.15) is 23.1 Å². The number of non-ortho nitro benzene ring substituents is 1. The van der Waals surface area contributed by atoms with E-state index < -0.39 is 4.92 Å². The summed E-state index contributed by atoms with van der Waals surface area (Å²) in [4.78, 5) is 32.2. The molecule has 0 saturated carbocycles. The van der Waals surface area contributed by atoms with Crippen molar-refractivity contribution in [3.63, 3.8) is 0 Å². The molecular formula is C23H21ClN4O5. The summed E-state index contributed by atoms with van der Waals surface area (Å²) in [7, 11) is 1.56.